The zero-order valence-electron chi connectivity index (χ0n) is 16.2. The molecule has 1 aromatic carbocycles. The molecule has 3 rings (SSSR count). The average Bonchev–Trinajstić information content (AvgIpc) is 2.98. The maximum Gasteiger partial charge on any atom is 0.215 e. The van der Waals surface area contributed by atoms with Crippen LogP contribution in [0.5, 0.6) is 5.75 Å². The van der Waals surface area contributed by atoms with E-state index in [-0.39, 0.29) is 18.1 Å². The molecule has 0 fully saturated rings. The van der Waals surface area contributed by atoms with Gasteiger partial charge in [-0.2, -0.15) is 5.10 Å². The van der Waals surface area contributed by atoms with Crippen LogP contribution in [0.2, 0.25) is 0 Å². The first-order valence-electron chi connectivity index (χ1n) is 8.76. The molecule has 0 radical (unpaired) electrons. The standard InChI is InChI=1S/C21H23N3O3/c1-13-6-7-14(11-22-13)20(26)19-16-9-8-15(27-5)10-17(16)24(23-19)12-18(25)21(2,3)4/h6-11H,12H2,1-5H3. The van der Waals surface area contributed by atoms with Crippen LogP contribution in [-0.2, 0) is 11.3 Å². The summed E-state index contributed by atoms with van der Waals surface area (Å²) in [5, 5.41) is 5.16. The molecule has 27 heavy (non-hydrogen) atoms. The van der Waals surface area contributed by atoms with E-state index in [4.69, 9.17) is 4.74 Å². The van der Waals surface area contributed by atoms with Crippen molar-refractivity contribution in [1.29, 1.82) is 0 Å². The van der Waals surface area contributed by atoms with E-state index in [1.54, 1.807) is 48.3 Å². The molecule has 0 saturated carbocycles. The molecule has 2 aromatic heterocycles. The number of hydrogen-bond acceptors (Lipinski definition) is 5. The lowest BCUT2D eigenvalue weighted by Crippen LogP contribution is -2.25. The van der Waals surface area contributed by atoms with Gasteiger partial charge in [-0.25, -0.2) is 0 Å². The molecule has 0 unspecified atom stereocenters. The SMILES string of the molecule is COc1ccc2c(C(=O)c3ccc(C)nc3)nn(CC(=O)C(C)(C)C)c2c1. The van der Waals surface area contributed by atoms with Crippen molar-refractivity contribution in [2.75, 3.05) is 7.11 Å². The summed E-state index contributed by atoms with van der Waals surface area (Å²) < 4.78 is 6.88. The van der Waals surface area contributed by atoms with Crippen LogP contribution in [0.3, 0.4) is 0 Å². The third kappa shape index (κ3) is 3.74. The Morgan fingerprint density at radius 1 is 1.15 bits per heavy atom. The van der Waals surface area contributed by atoms with Gasteiger partial charge in [0.25, 0.3) is 0 Å². The number of methoxy groups -OCH3 is 1. The Bertz CT molecular complexity index is 1010. The van der Waals surface area contributed by atoms with Gasteiger partial charge in [0, 0.05) is 34.3 Å². The van der Waals surface area contributed by atoms with Crippen molar-refractivity contribution in [3.63, 3.8) is 0 Å². The van der Waals surface area contributed by atoms with E-state index < -0.39 is 5.41 Å². The summed E-state index contributed by atoms with van der Waals surface area (Å²) >= 11 is 0. The fourth-order valence-corrected chi connectivity index (χ4v) is 2.68. The van der Waals surface area contributed by atoms with Gasteiger partial charge in [0.15, 0.2) is 5.78 Å². The topological polar surface area (TPSA) is 74.1 Å². The second-order valence-corrected chi connectivity index (χ2v) is 7.58. The Balaban J connectivity index is 2.11. The number of rotatable bonds is 5. The first-order valence-corrected chi connectivity index (χ1v) is 8.76. The summed E-state index contributed by atoms with van der Waals surface area (Å²) in [6.07, 6.45) is 1.55. The quantitative estimate of drug-likeness (QED) is 0.646. The highest BCUT2D eigenvalue weighted by Gasteiger charge is 2.25. The smallest absolute Gasteiger partial charge is 0.215 e. The van der Waals surface area contributed by atoms with Crippen molar-refractivity contribution < 1.29 is 14.3 Å². The molecule has 0 aliphatic rings. The number of hydrogen-bond donors (Lipinski definition) is 0. The summed E-state index contributed by atoms with van der Waals surface area (Å²) in [6, 6.07) is 8.90. The molecule has 0 bridgehead atoms. The summed E-state index contributed by atoms with van der Waals surface area (Å²) in [5.74, 6) is 0.452. The van der Waals surface area contributed by atoms with Gasteiger partial charge < -0.3 is 4.74 Å². The van der Waals surface area contributed by atoms with E-state index in [0.717, 1.165) is 5.69 Å². The molecule has 0 spiro atoms. The fraction of sp³-hybridized carbons (Fsp3) is 0.333. The molecule has 0 atom stereocenters. The molecule has 0 aliphatic carbocycles. The van der Waals surface area contributed by atoms with E-state index in [0.29, 0.717) is 27.9 Å². The second-order valence-electron chi connectivity index (χ2n) is 7.58. The van der Waals surface area contributed by atoms with E-state index in [9.17, 15) is 9.59 Å². The minimum Gasteiger partial charge on any atom is -0.497 e. The minimum absolute atomic E-state index is 0.0331. The highest BCUT2D eigenvalue weighted by Crippen LogP contribution is 2.26. The largest absolute Gasteiger partial charge is 0.497 e. The Morgan fingerprint density at radius 3 is 2.48 bits per heavy atom. The van der Waals surface area contributed by atoms with Crippen molar-refractivity contribution in [2.45, 2.75) is 34.2 Å². The van der Waals surface area contributed by atoms with Gasteiger partial charge in [-0.3, -0.25) is 19.3 Å². The Morgan fingerprint density at radius 2 is 1.89 bits per heavy atom. The van der Waals surface area contributed by atoms with Crippen LogP contribution in [0.25, 0.3) is 10.9 Å². The molecular weight excluding hydrogens is 342 g/mol. The third-order valence-corrected chi connectivity index (χ3v) is 4.48. The summed E-state index contributed by atoms with van der Waals surface area (Å²) in [7, 11) is 1.58. The highest BCUT2D eigenvalue weighted by atomic mass is 16.5. The number of Topliss-reactive ketones (excluding diaryl/α,β-unsaturated/α-hetero) is 1. The van der Waals surface area contributed by atoms with Gasteiger partial charge in [0.2, 0.25) is 5.78 Å². The number of fused-ring (bicyclic) bond motifs is 1. The van der Waals surface area contributed by atoms with Crippen LogP contribution in [0.15, 0.2) is 36.5 Å². The van der Waals surface area contributed by atoms with Gasteiger partial charge >= 0.3 is 0 Å². The molecule has 140 valence electrons. The Labute approximate surface area is 158 Å². The van der Waals surface area contributed by atoms with Crippen LogP contribution in [-0.4, -0.2) is 33.4 Å². The predicted octanol–water partition coefficient (Wildman–Crippen LogP) is 3.59. The van der Waals surface area contributed by atoms with Crippen LogP contribution in [0.1, 0.15) is 42.5 Å². The van der Waals surface area contributed by atoms with Crippen LogP contribution in [0.4, 0.5) is 0 Å². The lowest BCUT2D eigenvalue weighted by Gasteiger charge is -2.16. The fourth-order valence-electron chi connectivity index (χ4n) is 2.68. The normalized spacial score (nSPS) is 11.6. The highest BCUT2D eigenvalue weighted by molar-refractivity contribution is 6.15. The second kappa shape index (κ2) is 6.95. The van der Waals surface area contributed by atoms with E-state index in [1.807, 2.05) is 27.7 Å². The van der Waals surface area contributed by atoms with Crippen molar-refractivity contribution in [2.24, 2.45) is 5.41 Å². The first-order chi connectivity index (χ1) is 12.7. The summed E-state index contributed by atoms with van der Waals surface area (Å²) in [6.45, 7) is 7.55. The zero-order chi connectivity index (χ0) is 19.8. The molecule has 0 N–H and O–H groups in total. The minimum atomic E-state index is -0.498. The summed E-state index contributed by atoms with van der Waals surface area (Å²) in [5.41, 5.74) is 1.80. The van der Waals surface area contributed by atoms with E-state index in [2.05, 4.69) is 10.1 Å². The van der Waals surface area contributed by atoms with Gasteiger partial charge in [-0.05, 0) is 31.2 Å². The number of carbonyl (C=O) groups excluding carboxylic acids is 2. The number of ether oxygens (including phenoxy) is 1. The molecule has 0 amide bonds. The molecular formula is C21H23N3O3. The maximum atomic E-state index is 13.0. The van der Waals surface area contributed by atoms with Crippen molar-refractivity contribution in [1.82, 2.24) is 14.8 Å². The van der Waals surface area contributed by atoms with E-state index >= 15 is 0 Å². The number of benzene rings is 1. The molecule has 2 heterocycles. The van der Waals surface area contributed by atoms with E-state index in [1.165, 1.54) is 0 Å². The third-order valence-electron chi connectivity index (χ3n) is 4.48. The van der Waals surface area contributed by atoms with Crippen molar-refractivity contribution >= 4 is 22.5 Å². The van der Waals surface area contributed by atoms with Crippen LogP contribution >= 0.6 is 0 Å². The molecule has 6 nitrogen and oxygen atoms in total. The van der Waals surface area contributed by atoms with Crippen molar-refractivity contribution in [3.05, 3.63) is 53.5 Å². The lowest BCUT2D eigenvalue weighted by molar-refractivity contribution is -0.127. The zero-order valence-corrected chi connectivity index (χ0v) is 16.2. The number of aryl methyl sites for hydroxylation is 1. The molecule has 0 aliphatic heterocycles. The monoisotopic (exact) mass is 365 g/mol. The van der Waals surface area contributed by atoms with Crippen molar-refractivity contribution in [3.8, 4) is 5.75 Å². The molecule has 0 saturated heterocycles. The van der Waals surface area contributed by atoms with Crippen LogP contribution < -0.4 is 4.74 Å². The number of pyridine rings is 1. The maximum absolute atomic E-state index is 13.0. The Kier molecular flexibility index (Phi) is 4.83. The number of aromatic nitrogens is 3. The molecule has 3 aromatic rings. The predicted molar refractivity (Wildman–Crippen MR) is 103 cm³/mol. The van der Waals surface area contributed by atoms with Gasteiger partial charge in [0.05, 0.1) is 12.6 Å². The lowest BCUT2D eigenvalue weighted by atomic mass is 9.91. The summed E-state index contributed by atoms with van der Waals surface area (Å²) in [4.78, 5) is 29.7. The van der Waals surface area contributed by atoms with Gasteiger partial charge in [0.1, 0.15) is 18.0 Å². The van der Waals surface area contributed by atoms with Gasteiger partial charge in [-0.1, -0.05) is 20.8 Å². The Hall–Kier alpha value is -3.02. The number of ketones is 2. The average molecular weight is 365 g/mol. The first kappa shape index (κ1) is 18.8. The van der Waals surface area contributed by atoms with Gasteiger partial charge in [-0.15, -0.1) is 0 Å². The number of carbonyl (C=O) groups is 2. The van der Waals surface area contributed by atoms with Crippen LogP contribution in [0, 0.1) is 12.3 Å². The number of nitrogens with zero attached hydrogens (tertiary/aromatic N) is 3. The molecule has 6 heteroatoms.